The fourth-order valence-electron chi connectivity index (χ4n) is 2.37. The minimum absolute atomic E-state index is 0.707. The number of aromatic nitrogens is 2. The van der Waals surface area contributed by atoms with Gasteiger partial charge in [-0.2, -0.15) is 0 Å². The van der Waals surface area contributed by atoms with Crippen LogP contribution < -0.4 is 5.73 Å². The zero-order valence-corrected chi connectivity index (χ0v) is 12.3. The van der Waals surface area contributed by atoms with Gasteiger partial charge in [-0.1, -0.05) is 31.4 Å². The summed E-state index contributed by atoms with van der Waals surface area (Å²) in [5, 5.41) is 0.746. The lowest BCUT2D eigenvalue weighted by Crippen LogP contribution is -2.07. The lowest BCUT2D eigenvalue weighted by atomic mass is 10.2. The molecule has 1 aromatic heterocycles. The summed E-state index contributed by atoms with van der Waals surface area (Å²) in [6.07, 6.45) is 5.60. The van der Waals surface area contributed by atoms with Crippen molar-refractivity contribution in [2.45, 2.75) is 45.6 Å². The second kappa shape index (κ2) is 6.92. The van der Waals surface area contributed by atoms with Gasteiger partial charge in [-0.15, -0.1) is 0 Å². The number of hydrogen-bond acceptors (Lipinski definition) is 2. The number of nitrogens with zero attached hydrogens (tertiary/aromatic N) is 2. The first-order valence-electron chi connectivity index (χ1n) is 7.11. The summed E-state index contributed by atoms with van der Waals surface area (Å²) >= 11 is 6.04. The van der Waals surface area contributed by atoms with Crippen LogP contribution in [0.15, 0.2) is 18.2 Å². The lowest BCUT2D eigenvalue weighted by molar-refractivity contribution is 0.585. The number of benzene rings is 1. The molecular formula is C15H22ClN3. The summed E-state index contributed by atoms with van der Waals surface area (Å²) in [5.41, 5.74) is 7.79. The van der Waals surface area contributed by atoms with Crippen LogP contribution in [0.3, 0.4) is 0 Å². The van der Waals surface area contributed by atoms with Crippen molar-refractivity contribution >= 4 is 22.6 Å². The number of halogens is 1. The maximum absolute atomic E-state index is 6.04. The van der Waals surface area contributed by atoms with Crippen LogP contribution in [0.1, 0.15) is 38.4 Å². The molecule has 0 saturated heterocycles. The predicted octanol–water partition coefficient (Wildman–Crippen LogP) is 3.77. The maximum atomic E-state index is 6.04. The van der Waals surface area contributed by atoms with E-state index in [0.717, 1.165) is 35.8 Å². The molecule has 0 bridgehead atoms. The van der Waals surface area contributed by atoms with Crippen molar-refractivity contribution < 1.29 is 0 Å². The Morgan fingerprint density at radius 1 is 1.26 bits per heavy atom. The molecule has 0 aliphatic heterocycles. The van der Waals surface area contributed by atoms with E-state index in [1.807, 2.05) is 12.1 Å². The fraction of sp³-hybridized carbons (Fsp3) is 0.533. The Morgan fingerprint density at radius 2 is 2.11 bits per heavy atom. The van der Waals surface area contributed by atoms with E-state index in [1.165, 1.54) is 24.8 Å². The lowest BCUT2D eigenvalue weighted by Gasteiger charge is -2.08. The Labute approximate surface area is 119 Å². The Kier molecular flexibility index (Phi) is 5.23. The molecule has 1 heterocycles. The predicted molar refractivity (Wildman–Crippen MR) is 81.6 cm³/mol. The van der Waals surface area contributed by atoms with Crippen LogP contribution in [-0.2, 0) is 13.0 Å². The number of fused-ring (bicyclic) bond motifs is 1. The third-order valence-electron chi connectivity index (χ3n) is 3.38. The molecule has 0 radical (unpaired) electrons. The van der Waals surface area contributed by atoms with Crippen LogP contribution in [-0.4, -0.2) is 16.1 Å². The first-order chi connectivity index (χ1) is 9.26. The molecule has 0 atom stereocenters. The average molecular weight is 280 g/mol. The van der Waals surface area contributed by atoms with E-state index in [2.05, 4.69) is 17.6 Å². The van der Waals surface area contributed by atoms with E-state index in [0.29, 0.717) is 6.54 Å². The molecule has 4 heteroatoms. The molecule has 19 heavy (non-hydrogen) atoms. The van der Waals surface area contributed by atoms with Crippen LogP contribution in [0, 0.1) is 0 Å². The molecule has 1 aromatic carbocycles. The Bertz CT molecular complexity index is 533. The molecule has 2 N–H and O–H groups in total. The smallest absolute Gasteiger partial charge is 0.109 e. The topological polar surface area (TPSA) is 43.8 Å². The van der Waals surface area contributed by atoms with Gasteiger partial charge in [-0.3, -0.25) is 0 Å². The molecule has 0 saturated carbocycles. The Morgan fingerprint density at radius 3 is 2.84 bits per heavy atom. The highest BCUT2D eigenvalue weighted by Crippen LogP contribution is 2.22. The van der Waals surface area contributed by atoms with Gasteiger partial charge in [0.25, 0.3) is 0 Å². The number of aryl methyl sites for hydroxylation is 2. The molecule has 0 fully saturated rings. The van der Waals surface area contributed by atoms with Crippen molar-refractivity contribution in [3.8, 4) is 0 Å². The quantitative estimate of drug-likeness (QED) is 0.784. The van der Waals surface area contributed by atoms with Crippen LogP contribution in [0.4, 0.5) is 0 Å². The van der Waals surface area contributed by atoms with E-state index in [1.54, 1.807) is 0 Å². The first kappa shape index (κ1) is 14.4. The SMILES string of the molecule is CCCCCn1c(CCCN)nc2cc(Cl)ccc21. The van der Waals surface area contributed by atoms with E-state index in [9.17, 15) is 0 Å². The number of nitrogens with two attached hydrogens (primary N) is 1. The zero-order valence-electron chi connectivity index (χ0n) is 11.5. The highest BCUT2D eigenvalue weighted by atomic mass is 35.5. The molecule has 0 unspecified atom stereocenters. The number of rotatable bonds is 7. The number of unbranched alkanes of at least 4 members (excludes halogenated alkanes) is 2. The third-order valence-corrected chi connectivity index (χ3v) is 3.61. The van der Waals surface area contributed by atoms with Gasteiger partial charge >= 0.3 is 0 Å². The summed E-state index contributed by atoms with van der Waals surface area (Å²) in [4.78, 5) is 4.71. The Hall–Kier alpha value is -1.06. The van der Waals surface area contributed by atoms with Crippen molar-refractivity contribution in [2.24, 2.45) is 5.73 Å². The van der Waals surface area contributed by atoms with Crippen molar-refractivity contribution in [3.05, 3.63) is 29.0 Å². The minimum atomic E-state index is 0.707. The molecule has 104 valence electrons. The first-order valence-corrected chi connectivity index (χ1v) is 7.48. The van der Waals surface area contributed by atoms with E-state index >= 15 is 0 Å². The highest BCUT2D eigenvalue weighted by molar-refractivity contribution is 6.31. The normalized spacial score (nSPS) is 11.3. The molecule has 0 spiro atoms. The van der Waals surface area contributed by atoms with Crippen molar-refractivity contribution in [2.75, 3.05) is 6.54 Å². The maximum Gasteiger partial charge on any atom is 0.109 e. The van der Waals surface area contributed by atoms with E-state index in [-0.39, 0.29) is 0 Å². The largest absolute Gasteiger partial charge is 0.330 e. The molecule has 0 aliphatic rings. The van der Waals surface area contributed by atoms with Crippen molar-refractivity contribution in [1.82, 2.24) is 9.55 Å². The van der Waals surface area contributed by atoms with Gasteiger partial charge in [0, 0.05) is 18.0 Å². The highest BCUT2D eigenvalue weighted by Gasteiger charge is 2.10. The molecule has 2 rings (SSSR count). The monoisotopic (exact) mass is 279 g/mol. The zero-order chi connectivity index (χ0) is 13.7. The molecular weight excluding hydrogens is 258 g/mol. The third kappa shape index (κ3) is 3.48. The molecule has 2 aromatic rings. The standard InChI is InChI=1S/C15H22ClN3/c1-2-3-4-10-19-14-8-7-12(16)11-13(14)18-15(19)6-5-9-17/h7-8,11H,2-6,9-10,17H2,1H3. The van der Waals surface area contributed by atoms with E-state index < -0.39 is 0 Å². The molecule has 0 amide bonds. The second-order valence-electron chi connectivity index (χ2n) is 4.91. The van der Waals surface area contributed by atoms with Crippen LogP contribution in [0.5, 0.6) is 0 Å². The van der Waals surface area contributed by atoms with Crippen molar-refractivity contribution in [3.63, 3.8) is 0 Å². The van der Waals surface area contributed by atoms with Crippen LogP contribution in [0.2, 0.25) is 5.02 Å². The number of hydrogen-bond donors (Lipinski definition) is 1. The summed E-state index contributed by atoms with van der Waals surface area (Å²) in [6.45, 7) is 3.96. The summed E-state index contributed by atoms with van der Waals surface area (Å²) in [6, 6.07) is 5.95. The number of imidazole rings is 1. The van der Waals surface area contributed by atoms with Crippen LogP contribution in [0.25, 0.3) is 11.0 Å². The fourth-order valence-corrected chi connectivity index (χ4v) is 2.54. The average Bonchev–Trinajstić information content (AvgIpc) is 2.74. The van der Waals surface area contributed by atoms with Gasteiger partial charge in [0.2, 0.25) is 0 Å². The Balaban J connectivity index is 2.31. The molecule has 3 nitrogen and oxygen atoms in total. The van der Waals surface area contributed by atoms with Gasteiger partial charge in [0.15, 0.2) is 0 Å². The van der Waals surface area contributed by atoms with Gasteiger partial charge in [-0.05, 0) is 37.6 Å². The summed E-state index contributed by atoms with van der Waals surface area (Å²) < 4.78 is 2.33. The van der Waals surface area contributed by atoms with E-state index in [4.69, 9.17) is 22.3 Å². The van der Waals surface area contributed by atoms with Crippen molar-refractivity contribution in [1.29, 1.82) is 0 Å². The summed E-state index contributed by atoms with van der Waals surface area (Å²) in [5.74, 6) is 1.14. The minimum Gasteiger partial charge on any atom is -0.330 e. The van der Waals surface area contributed by atoms with Gasteiger partial charge in [0.05, 0.1) is 11.0 Å². The second-order valence-corrected chi connectivity index (χ2v) is 5.35. The van der Waals surface area contributed by atoms with Gasteiger partial charge in [-0.25, -0.2) is 4.98 Å². The van der Waals surface area contributed by atoms with Gasteiger partial charge < -0.3 is 10.3 Å². The van der Waals surface area contributed by atoms with Gasteiger partial charge in [0.1, 0.15) is 5.82 Å². The summed E-state index contributed by atoms with van der Waals surface area (Å²) in [7, 11) is 0. The molecule has 0 aliphatic carbocycles. The van der Waals surface area contributed by atoms with Crippen LogP contribution >= 0.6 is 11.6 Å².